The van der Waals surface area contributed by atoms with E-state index in [4.69, 9.17) is 9.84 Å². The second-order valence-corrected chi connectivity index (χ2v) is 9.87. The molecule has 0 fully saturated rings. The lowest BCUT2D eigenvalue weighted by molar-refractivity contribution is -0.114. The second-order valence-electron chi connectivity index (χ2n) is 8.82. The van der Waals surface area contributed by atoms with E-state index >= 15 is 0 Å². The van der Waals surface area contributed by atoms with Crippen LogP contribution in [0, 0.1) is 0 Å². The Kier molecular flexibility index (Phi) is 10.1. The van der Waals surface area contributed by atoms with Gasteiger partial charge in [-0.05, 0) is 66.7 Å². The number of ether oxygens (including phenoxy) is 1. The highest BCUT2D eigenvalue weighted by atomic mass is 32.2. The van der Waals surface area contributed by atoms with Gasteiger partial charge in [-0.3, -0.25) is 14.4 Å². The van der Waals surface area contributed by atoms with Crippen molar-refractivity contribution >= 4 is 52.9 Å². The van der Waals surface area contributed by atoms with E-state index in [9.17, 15) is 19.2 Å². The lowest BCUT2D eigenvalue weighted by atomic mass is 10.1. The second kappa shape index (κ2) is 14.3. The summed E-state index contributed by atoms with van der Waals surface area (Å²) in [5.41, 5.74) is 2.09. The number of hydrogen-bond donors (Lipinski definition) is 4. The summed E-state index contributed by atoms with van der Waals surface area (Å²) in [5.74, 6) is -1.69. The maximum absolute atomic E-state index is 13.4. The number of hydrogen-bond acceptors (Lipinski definition) is 6. The van der Waals surface area contributed by atoms with Crippen LogP contribution in [0.2, 0.25) is 0 Å². The third-order valence-corrected chi connectivity index (χ3v) is 6.84. The lowest BCUT2D eigenvalue weighted by Crippen LogP contribution is -2.30. The minimum atomic E-state index is -1.05. The highest BCUT2D eigenvalue weighted by Gasteiger charge is 2.16. The number of para-hydroxylation sites is 1. The van der Waals surface area contributed by atoms with Crippen LogP contribution >= 0.6 is 11.8 Å². The van der Waals surface area contributed by atoms with Gasteiger partial charge < -0.3 is 25.8 Å². The van der Waals surface area contributed by atoms with E-state index in [2.05, 4.69) is 16.0 Å². The van der Waals surface area contributed by atoms with Gasteiger partial charge in [0.05, 0.1) is 18.4 Å². The number of carboxylic acids is 1. The molecule has 0 aliphatic heterocycles. The number of thioether (sulfide) groups is 1. The van der Waals surface area contributed by atoms with E-state index in [1.807, 2.05) is 0 Å². The van der Waals surface area contributed by atoms with Crippen molar-refractivity contribution in [3.05, 3.63) is 126 Å². The zero-order chi connectivity index (χ0) is 29.9. The number of carboxylic acid groups (broad SMARTS) is 1. The summed E-state index contributed by atoms with van der Waals surface area (Å²) in [6, 6.07) is 28.5. The molecule has 4 aromatic carbocycles. The molecule has 212 valence electrons. The Bertz CT molecular complexity index is 1620. The number of rotatable bonds is 11. The summed E-state index contributed by atoms with van der Waals surface area (Å²) in [7, 11) is 1.52. The highest BCUT2D eigenvalue weighted by Crippen LogP contribution is 2.24. The van der Waals surface area contributed by atoms with Gasteiger partial charge in [0.25, 0.3) is 11.8 Å². The van der Waals surface area contributed by atoms with Gasteiger partial charge in [-0.15, -0.1) is 11.8 Å². The first-order valence-corrected chi connectivity index (χ1v) is 13.7. The van der Waals surface area contributed by atoms with Crippen molar-refractivity contribution in [2.75, 3.05) is 23.5 Å². The Morgan fingerprint density at radius 1 is 0.786 bits per heavy atom. The van der Waals surface area contributed by atoms with E-state index < -0.39 is 17.8 Å². The average molecular weight is 582 g/mol. The summed E-state index contributed by atoms with van der Waals surface area (Å²) in [4.78, 5) is 50.4. The SMILES string of the molecule is COc1ccccc1/C=C(/NC(=O)c1ccccc1)C(=O)Nc1cccc(SCC(=O)Nc2ccc(C(=O)O)cc2)c1. The molecule has 0 heterocycles. The van der Waals surface area contributed by atoms with E-state index in [0.717, 1.165) is 4.90 Å². The minimum absolute atomic E-state index is 0.0136. The van der Waals surface area contributed by atoms with Crippen molar-refractivity contribution in [3.63, 3.8) is 0 Å². The predicted octanol–water partition coefficient (Wildman–Crippen LogP) is 5.53. The number of aromatic carboxylic acids is 1. The summed E-state index contributed by atoms with van der Waals surface area (Å²) in [6.07, 6.45) is 1.54. The normalized spacial score (nSPS) is 10.8. The molecule has 3 amide bonds. The molecular formula is C32H27N3O6S. The fraction of sp³-hybridized carbons (Fsp3) is 0.0625. The van der Waals surface area contributed by atoms with Gasteiger partial charge in [0.1, 0.15) is 11.4 Å². The molecule has 9 nitrogen and oxygen atoms in total. The molecule has 10 heteroatoms. The molecule has 0 unspecified atom stereocenters. The molecule has 0 saturated heterocycles. The van der Waals surface area contributed by atoms with Crippen molar-refractivity contribution in [3.8, 4) is 5.75 Å². The number of anilines is 2. The first-order valence-electron chi connectivity index (χ1n) is 12.7. The largest absolute Gasteiger partial charge is 0.496 e. The lowest BCUT2D eigenvalue weighted by Gasteiger charge is -2.13. The standard InChI is InChI=1S/C32H27N3O6S/c1-41-28-13-6-5-10-23(28)18-27(35-30(37)21-8-3-2-4-9-21)31(38)34-25-11-7-12-26(19-25)42-20-29(36)33-24-16-14-22(15-17-24)32(39)40/h2-19H,20H2,1H3,(H,33,36)(H,34,38)(H,35,37)(H,39,40)/b27-18+. The van der Waals surface area contributed by atoms with Crippen LogP contribution in [0.25, 0.3) is 6.08 Å². The molecule has 0 aliphatic rings. The third-order valence-electron chi connectivity index (χ3n) is 5.85. The number of carbonyl (C=O) groups is 4. The Balaban J connectivity index is 1.45. The average Bonchev–Trinajstić information content (AvgIpc) is 3.00. The number of methoxy groups -OCH3 is 1. The Hall–Kier alpha value is -5.35. The third kappa shape index (κ3) is 8.33. The highest BCUT2D eigenvalue weighted by molar-refractivity contribution is 8.00. The molecule has 0 aromatic heterocycles. The van der Waals surface area contributed by atoms with E-state index in [-0.39, 0.29) is 22.9 Å². The van der Waals surface area contributed by atoms with E-state index in [0.29, 0.717) is 28.3 Å². The molecule has 4 N–H and O–H groups in total. The fourth-order valence-corrected chi connectivity index (χ4v) is 4.54. The van der Waals surface area contributed by atoms with Crippen molar-refractivity contribution in [2.24, 2.45) is 0 Å². The van der Waals surface area contributed by atoms with Gasteiger partial charge in [0.2, 0.25) is 5.91 Å². The van der Waals surface area contributed by atoms with E-state index in [1.165, 1.54) is 43.1 Å². The molecule has 4 aromatic rings. The maximum atomic E-state index is 13.4. The molecule has 0 bridgehead atoms. The first kappa shape index (κ1) is 29.6. The monoisotopic (exact) mass is 581 g/mol. The van der Waals surface area contributed by atoms with Gasteiger partial charge in [-0.25, -0.2) is 4.79 Å². The minimum Gasteiger partial charge on any atom is -0.496 e. The number of carbonyl (C=O) groups excluding carboxylic acids is 3. The Morgan fingerprint density at radius 3 is 2.21 bits per heavy atom. The van der Waals surface area contributed by atoms with Crippen molar-refractivity contribution in [1.29, 1.82) is 0 Å². The molecular weight excluding hydrogens is 554 g/mol. The number of benzene rings is 4. The Labute approximate surface area is 246 Å². The maximum Gasteiger partial charge on any atom is 0.335 e. The zero-order valence-corrected chi connectivity index (χ0v) is 23.3. The fourth-order valence-electron chi connectivity index (χ4n) is 3.79. The van der Waals surface area contributed by atoms with Crippen LogP contribution in [0.4, 0.5) is 11.4 Å². The van der Waals surface area contributed by atoms with Gasteiger partial charge in [-0.1, -0.05) is 42.5 Å². The summed E-state index contributed by atoms with van der Waals surface area (Å²) in [5, 5.41) is 17.2. The van der Waals surface area contributed by atoms with Crippen LogP contribution in [-0.2, 0) is 9.59 Å². The Morgan fingerprint density at radius 2 is 1.50 bits per heavy atom. The first-order chi connectivity index (χ1) is 20.3. The molecule has 0 spiro atoms. The summed E-state index contributed by atoms with van der Waals surface area (Å²) >= 11 is 1.26. The van der Waals surface area contributed by atoms with Gasteiger partial charge in [0, 0.05) is 27.4 Å². The van der Waals surface area contributed by atoms with Crippen molar-refractivity contribution in [2.45, 2.75) is 4.90 Å². The van der Waals surface area contributed by atoms with E-state index in [1.54, 1.807) is 84.9 Å². The number of amides is 3. The van der Waals surface area contributed by atoms with Gasteiger partial charge in [0.15, 0.2) is 0 Å². The molecule has 0 aliphatic carbocycles. The van der Waals surface area contributed by atoms with Crippen molar-refractivity contribution in [1.82, 2.24) is 5.32 Å². The van der Waals surface area contributed by atoms with Crippen molar-refractivity contribution < 1.29 is 29.0 Å². The van der Waals surface area contributed by atoms with Crippen LogP contribution < -0.4 is 20.7 Å². The van der Waals surface area contributed by atoms with Crippen LogP contribution in [0.1, 0.15) is 26.3 Å². The molecule has 0 atom stereocenters. The zero-order valence-electron chi connectivity index (χ0n) is 22.5. The molecule has 0 saturated carbocycles. The topological polar surface area (TPSA) is 134 Å². The number of nitrogens with one attached hydrogen (secondary N) is 3. The van der Waals surface area contributed by atoms with Crippen LogP contribution in [0.5, 0.6) is 5.75 Å². The molecule has 42 heavy (non-hydrogen) atoms. The molecule has 4 rings (SSSR count). The van der Waals surface area contributed by atoms with Gasteiger partial charge in [-0.2, -0.15) is 0 Å². The smallest absolute Gasteiger partial charge is 0.335 e. The summed E-state index contributed by atoms with van der Waals surface area (Å²) in [6.45, 7) is 0. The molecule has 0 radical (unpaired) electrons. The quantitative estimate of drug-likeness (QED) is 0.135. The summed E-state index contributed by atoms with van der Waals surface area (Å²) < 4.78 is 5.40. The van der Waals surface area contributed by atoms with Crippen LogP contribution in [0.15, 0.2) is 114 Å². The van der Waals surface area contributed by atoms with Crippen LogP contribution in [-0.4, -0.2) is 41.7 Å². The predicted molar refractivity (Wildman–Crippen MR) is 163 cm³/mol. The van der Waals surface area contributed by atoms with Crippen LogP contribution in [0.3, 0.4) is 0 Å². The van der Waals surface area contributed by atoms with Gasteiger partial charge >= 0.3 is 5.97 Å².